The highest BCUT2D eigenvalue weighted by molar-refractivity contribution is 7.72. The van der Waals surface area contributed by atoms with Gasteiger partial charge in [-0.3, -0.25) is 0 Å². The van der Waals surface area contributed by atoms with Crippen molar-refractivity contribution in [3.63, 3.8) is 0 Å². The van der Waals surface area contributed by atoms with Gasteiger partial charge in [0.15, 0.2) is 10.7 Å². The van der Waals surface area contributed by atoms with Crippen molar-refractivity contribution in [1.82, 2.24) is 0 Å². The molecule has 0 amide bonds. The molecule has 0 unspecified atom stereocenters. The number of hydrogen-bond donors (Lipinski definition) is 1. The molecular formula is C18H28O2S. The van der Waals surface area contributed by atoms with Crippen LogP contribution in [0.5, 0.6) is 0 Å². The van der Waals surface area contributed by atoms with Gasteiger partial charge in [-0.15, -0.1) is 0 Å². The minimum Gasteiger partial charge on any atom is -0.227 e. The smallest absolute Gasteiger partial charge is 0.168 e. The van der Waals surface area contributed by atoms with Gasteiger partial charge >= 0.3 is 0 Å². The Hall–Kier alpha value is -0.830. The van der Waals surface area contributed by atoms with Crippen LogP contribution in [0.1, 0.15) is 94.2 Å². The van der Waals surface area contributed by atoms with Crippen LogP contribution in [0, 0.1) is 0 Å². The predicted molar refractivity (Wildman–Crippen MR) is 89.0 cm³/mol. The van der Waals surface area contributed by atoms with Crippen LogP contribution in [-0.4, -0.2) is 8.42 Å². The standard InChI is InChI=1S/C18H28O2S/c1-12(2)15-10-16(13(3)4)18(21(19)20)17(11-15)14-8-6-5-7-9-14/h10-14,21H,5-9H2,1-4H3. The van der Waals surface area contributed by atoms with Crippen LogP contribution >= 0.6 is 0 Å². The zero-order valence-corrected chi connectivity index (χ0v) is 14.6. The second-order valence-corrected chi connectivity index (χ2v) is 7.91. The molecule has 0 aromatic heterocycles. The van der Waals surface area contributed by atoms with Crippen molar-refractivity contribution in [1.29, 1.82) is 0 Å². The van der Waals surface area contributed by atoms with Crippen molar-refractivity contribution in [2.45, 2.75) is 82.4 Å². The monoisotopic (exact) mass is 308 g/mol. The van der Waals surface area contributed by atoms with E-state index >= 15 is 0 Å². The Balaban J connectivity index is 2.63. The van der Waals surface area contributed by atoms with Gasteiger partial charge in [-0.2, -0.15) is 0 Å². The zero-order valence-electron chi connectivity index (χ0n) is 13.7. The highest BCUT2D eigenvalue weighted by atomic mass is 32.2. The van der Waals surface area contributed by atoms with Gasteiger partial charge in [-0.1, -0.05) is 59.1 Å². The molecule has 1 aliphatic carbocycles. The van der Waals surface area contributed by atoms with Gasteiger partial charge in [0.1, 0.15) is 0 Å². The third-order valence-corrected chi connectivity index (χ3v) is 5.59. The quantitative estimate of drug-likeness (QED) is 0.798. The Morgan fingerprint density at radius 1 is 0.952 bits per heavy atom. The third kappa shape index (κ3) is 3.68. The molecule has 2 nitrogen and oxygen atoms in total. The van der Waals surface area contributed by atoms with Gasteiger partial charge in [0, 0.05) is 0 Å². The first-order chi connectivity index (χ1) is 9.91. The Kier molecular flexibility index (Phi) is 5.48. The highest BCUT2D eigenvalue weighted by Gasteiger charge is 2.24. The van der Waals surface area contributed by atoms with Crippen molar-refractivity contribution < 1.29 is 8.42 Å². The van der Waals surface area contributed by atoms with E-state index in [-0.39, 0.29) is 5.92 Å². The van der Waals surface area contributed by atoms with E-state index in [4.69, 9.17) is 0 Å². The molecular weight excluding hydrogens is 280 g/mol. The summed E-state index contributed by atoms with van der Waals surface area (Å²) in [4.78, 5) is 0.622. The van der Waals surface area contributed by atoms with Gasteiger partial charge < -0.3 is 0 Å². The summed E-state index contributed by atoms with van der Waals surface area (Å²) < 4.78 is 23.8. The van der Waals surface area contributed by atoms with Crippen LogP contribution in [0.4, 0.5) is 0 Å². The normalized spacial score (nSPS) is 17.1. The van der Waals surface area contributed by atoms with Gasteiger partial charge in [-0.05, 0) is 47.3 Å². The Morgan fingerprint density at radius 3 is 2.05 bits per heavy atom. The molecule has 2 rings (SSSR count). The summed E-state index contributed by atoms with van der Waals surface area (Å²) >= 11 is 0. The Morgan fingerprint density at radius 2 is 1.57 bits per heavy atom. The van der Waals surface area contributed by atoms with Crippen molar-refractivity contribution in [2.75, 3.05) is 0 Å². The SMILES string of the molecule is CC(C)c1cc(C(C)C)c([SH](=O)=O)c(C2CCCCC2)c1. The summed E-state index contributed by atoms with van der Waals surface area (Å²) in [6.07, 6.45) is 6.01. The first-order valence-corrected chi connectivity index (χ1v) is 9.41. The minimum absolute atomic E-state index is 0.244. The average Bonchev–Trinajstić information content (AvgIpc) is 2.46. The lowest BCUT2D eigenvalue weighted by Crippen LogP contribution is -2.11. The number of rotatable bonds is 4. The van der Waals surface area contributed by atoms with Crippen LogP contribution in [0.15, 0.2) is 17.0 Å². The maximum absolute atomic E-state index is 11.9. The van der Waals surface area contributed by atoms with Gasteiger partial charge in [0.2, 0.25) is 0 Å². The molecule has 0 heterocycles. The highest BCUT2D eigenvalue weighted by Crippen LogP contribution is 2.39. The largest absolute Gasteiger partial charge is 0.227 e. The summed E-state index contributed by atoms with van der Waals surface area (Å²) in [6.45, 7) is 8.54. The molecule has 1 aliphatic rings. The van der Waals surface area contributed by atoms with Crippen LogP contribution in [0.25, 0.3) is 0 Å². The topological polar surface area (TPSA) is 34.1 Å². The average molecular weight is 308 g/mol. The molecule has 118 valence electrons. The number of hydrogen-bond acceptors (Lipinski definition) is 2. The molecule has 1 aromatic rings. The first-order valence-electron chi connectivity index (χ1n) is 8.24. The van der Waals surface area contributed by atoms with Crippen LogP contribution in [0.3, 0.4) is 0 Å². The Bertz CT molecular complexity index is 557. The third-order valence-electron chi connectivity index (χ3n) is 4.71. The molecule has 0 aliphatic heterocycles. The first kappa shape index (κ1) is 16.5. The summed E-state index contributed by atoms with van der Waals surface area (Å²) in [6, 6.07) is 4.29. The zero-order chi connectivity index (χ0) is 15.6. The molecule has 1 aromatic carbocycles. The van der Waals surface area contributed by atoms with E-state index in [2.05, 4.69) is 39.8 Å². The van der Waals surface area contributed by atoms with E-state index in [0.29, 0.717) is 16.7 Å². The van der Waals surface area contributed by atoms with Crippen LogP contribution < -0.4 is 0 Å². The van der Waals surface area contributed by atoms with Crippen LogP contribution in [0.2, 0.25) is 0 Å². The lowest BCUT2D eigenvalue weighted by molar-refractivity contribution is 0.437. The Labute approximate surface area is 130 Å². The molecule has 21 heavy (non-hydrogen) atoms. The molecule has 0 bridgehead atoms. The summed E-state index contributed by atoms with van der Waals surface area (Å²) in [5, 5.41) is 0. The van der Waals surface area contributed by atoms with E-state index in [1.54, 1.807) is 0 Å². The number of benzene rings is 1. The molecule has 0 N–H and O–H groups in total. The fourth-order valence-electron chi connectivity index (χ4n) is 3.41. The van der Waals surface area contributed by atoms with E-state index in [1.165, 1.54) is 24.8 Å². The van der Waals surface area contributed by atoms with E-state index in [1.807, 2.05) is 0 Å². The molecule has 0 atom stereocenters. The van der Waals surface area contributed by atoms with Crippen molar-refractivity contribution in [3.8, 4) is 0 Å². The number of thiol groups is 1. The minimum atomic E-state index is -2.53. The fourth-order valence-corrected chi connectivity index (χ4v) is 4.40. The predicted octanol–water partition coefficient (Wildman–Crippen LogP) is 4.95. The van der Waals surface area contributed by atoms with Crippen molar-refractivity contribution >= 4 is 10.7 Å². The molecule has 3 heteroatoms. The molecule has 0 spiro atoms. The lowest BCUT2D eigenvalue weighted by Gasteiger charge is -2.26. The van der Waals surface area contributed by atoms with E-state index in [9.17, 15) is 8.42 Å². The fraction of sp³-hybridized carbons (Fsp3) is 0.667. The second kappa shape index (κ2) is 6.95. The van der Waals surface area contributed by atoms with Crippen LogP contribution in [-0.2, 0) is 10.7 Å². The van der Waals surface area contributed by atoms with E-state index in [0.717, 1.165) is 24.0 Å². The van der Waals surface area contributed by atoms with E-state index < -0.39 is 10.7 Å². The van der Waals surface area contributed by atoms with Gasteiger partial charge in [0.25, 0.3) is 0 Å². The summed E-state index contributed by atoms with van der Waals surface area (Å²) in [5.41, 5.74) is 3.39. The summed E-state index contributed by atoms with van der Waals surface area (Å²) in [5.74, 6) is 1.11. The lowest BCUT2D eigenvalue weighted by atomic mass is 9.81. The molecule has 1 fully saturated rings. The molecule has 0 saturated heterocycles. The molecule has 1 saturated carbocycles. The molecule has 0 radical (unpaired) electrons. The van der Waals surface area contributed by atoms with Gasteiger partial charge in [-0.25, -0.2) is 8.42 Å². The van der Waals surface area contributed by atoms with Crippen molar-refractivity contribution in [3.05, 3.63) is 28.8 Å². The van der Waals surface area contributed by atoms with Crippen molar-refractivity contribution in [2.24, 2.45) is 0 Å². The maximum atomic E-state index is 11.9. The van der Waals surface area contributed by atoms with Gasteiger partial charge in [0.05, 0.1) is 4.90 Å². The second-order valence-electron chi connectivity index (χ2n) is 6.95. The maximum Gasteiger partial charge on any atom is 0.168 e. The summed E-state index contributed by atoms with van der Waals surface area (Å²) in [7, 11) is -2.53.